The number of benzene rings is 1. The molecule has 0 saturated heterocycles. The van der Waals surface area contributed by atoms with Crippen molar-refractivity contribution in [3.8, 4) is 0 Å². The molecule has 0 aliphatic carbocycles. The highest BCUT2D eigenvalue weighted by atomic mass is 127. The van der Waals surface area contributed by atoms with E-state index in [0.29, 0.717) is 6.07 Å². The molecule has 0 aliphatic heterocycles. The van der Waals surface area contributed by atoms with Gasteiger partial charge < -0.3 is 4.74 Å². The third-order valence-corrected chi connectivity index (χ3v) is 2.46. The number of esters is 1. The summed E-state index contributed by atoms with van der Waals surface area (Å²) in [5.74, 6) is -2.39. The molecule has 0 radical (unpaired) electrons. The van der Waals surface area contributed by atoms with Crippen LogP contribution in [0, 0.1) is 15.2 Å². The first kappa shape index (κ1) is 13.3. The van der Waals surface area contributed by atoms with E-state index in [2.05, 4.69) is 0 Å². The molecule has 2 nitrogen and oxygen atoms in total. The number of ether oxygens (including phenoxy) is 1. The van der Waals surface area contributed by atoms with Gasteiger partial charge >= 0.3 is 5.97 Å². The lowest BCUT2D eigenvalue weighted by atomic mass is 10.1. The Morgan fingerprint density at radius 3 is 2.31 bits per heavy atom. The predicted octanol–water partition coefficient (Wildman–Crippen LogP) is 3.52. The Kier molecular flexibility index (Phi) is 3.88. The van der Waals surface area contributed by atoms with E-state index in [0.717, 1.165) is 6.07 Å². The molecule has 16 heavy (non-hydrogen) atoms. The zero-order valence-electron chi connectivity index (χ0n) is 9.11. The van der Waals surface area contributed by atoms with Crippen LogP contribution < -0.4 is 0 Å². The lowest BCUT2D eigenvalue weighted by Gasteiger charge is -2.19. The van der Waals surface area contributed by atoms with Crippen molar-refractivity contribution < 1.29 is 18.3 Å². The summed E-state index contributed by atoms with van der Waals surface area (Å²) in [5, 5.41) is 0. The third-order valence-electron chi connectivity index (χ3n) is 1.63. The van der Waals surface area contributed by atoms with Crippen molar-refractivity contribution in [1.29, 1.82) is 0 Å². The van der Waals surface area contributed by atoms with Crippen LogP contribution in [0.25, 0.3) is 0 Å². The van der Waals surface area contributed by atoms with Crippen LogP contribution in [0.4, 0.5) is 8.78 Å². The van der Waals surface area contributed by atoms with Gasteiger partial charge in [0, 0.05) is 9.64 Å². The summed E-state index contributed by atoms with van der Waals surface area (Å²) in [6.45, 7) is 5.03. The van der Waals surface area contributed by atoms with Crippen LogP contribution in [0.15, 0.2) is 12.1 Å². The average molecular weight is 340 g/mol. The van der Waals surface area contributed by atoms with Gasteiger partial charge in [-0.1, -0.05) is 0 Å². The first-order chi connectivity index (χ1) is 7.20. The Labute approximate surface area is 106 Å². The van der Waals surface area contributed by atoms with Gasteiger partial charge in [-0.25, -0.2) is 13.6 Å². The molecule has 0 heterocycles. The second-order valence-electron chi connectivity index (χ2n) is 4.25. The van der Waals surface area contributed by atoms with Gasteiger partial charge in [0.2, 0.25) is 0 Å². The van der Waals surface area contributed by atoms with Gasteiger partial charge in [0.25, 0.3) is 0 Å². The van der Waals surface area contributed by atoms with Crippen molar-refractivity contribution in [3.05, 3.63) is 32.9 Å². The molecule has 0 unspecified atom stereocenters. The summed E-state index contributed by atoms with van der Waals surface area (Å²) >= 11 is 1.69. The second-order valence-corrected chi connectivity index (χ2v) is 5.41. The van der Waals surface area contributed by atoms with Crippen LogP contribution in [0.3, 0.4) is 0 Å². The lowest BCUT2D eigenvalue weighted by Crippen LogP contribution is -2.24. The molecule has 1 aromatic rings. The molecule has 0 aromatic heterocycles. The zero-order chi connectivity index (χ0) is 12.5. The molecule has 0 saturated carbocycles. The van der Waals surface area contributed by atoms with Crippen LogP contribution in [0.5, 0.6) is 0 Å². The summed E-state index contributed by atoms with van der Waals surface area (Å²) in [4.78, 5) is 11.6. The molecule has 0 amide bonds. The van der Waals surface area contributed by atoms with Gasteiger partial charge in [0.1, 0.15) is 17.2 Å². The molecule has 88 valence electrons. The Hall–Kier alpha value is -0.720. The molecule has 0 N–H and O–H groups in total. The molecule has 1 rings (SSSR count). The van der Waals surface area contributed by atoms with E-state index >= 15 is 0 Å². The predicted molar refractivity (Wildman–Crippen MR) is 64.2 cm³/mol. The van der Waals surface area contributed by atoms with E-state index < -0.39 is 23.2 Å². The van der Waals surface area contributed by atoms with Crippen LogP contribution in [0.1, 0.15) is 31.1 Å². The average Bonchev–Trinajstić information content (AvgIpc) is 2.08. The Balaban J connectivity index is 3.05. The van der Waals surface area contributed by atoms with Crippen LogP contribution >= 0.6 is 22.6 Å². The first-order valence-electron chi connectivity index (χ1n) is 4.58. The zero-order valence-corrected chi connectivity index (χ0v) is 11.3. The minimum absolute atomic E-state index is 0.180. The lowest BCUT2D eigenvalue weighted by molar-refractivity contribution is 0.00645. The number of rotatable bonds is 1. The number of hydrogen-bond donors (Lipinski definition) is 0. The van der Waals surface area contributed by atoms with Gasteiger partial charge in [-0.15, -0.1) is 0 Å². The van der Waals surface area contributed by atoms with Crippen molar-refractivity contribution in [1.82, 2.24) is 0 Å². The Morgan fingerprint density at radius 2 is 1.81 bits per heavy atom. The quantitative estimate of drug-likeness (QED) is 0.444. The van der Waals surface area contributed by atoms with E-state index in [1.165, 1.54) is 0 Å². The normalized spacial score (nSPS) is 11.4. The molecule has 0 fully saturated rings. The van der Waals surface area contributed by atoms with Crippen LogP contribution in [0.2, 0.25) is 0 Å². The minimum atomic E-state index is -0.910. The molecular weight excluding hydrogens is 329 g/mol. The van der Waals surface area contributed by atoms with E-state index in [1.807, 2.05) is 0 Å². The van der Waals surface area contributed by atoms with Gasteiger partial charge in [0.05, 0.1) is 5.56 Å². The molecule has 5 heteroatoms. The van der Waals surface area contributed by atoms with Gasteiger partial charge in [-0.05, 0) is 49.4 Å². The largest absolute Gasteiger partial charge is 0.456 e. The van der Waals surface area contributed by atoms with Gasteiger partial charge in [-0.2, -0.15) is 0 Å². The summed E-state index contributed by atoms with van der Waals surface area (Å²) in [6.07, 6.45) is 0. The van der Waals surface area contributed by atoms with Crippen LogP contribution in [-0.2, 0) is 4.74 Å². The summed E-state index contributed by atoms with van der Waals surface area (Å²) in [7, 11) is 0. The summed E-state index contributed by atoms with van der Waals surface area (Å²) in [6, 6.07) is 1.82. The minimum Gasteiger partial charge on any atom is -0.456 e. The van der Waals surface area contributed by atoms with Crippen molar-refractivity contribution in [3.63, 3.8) is 0 Å². The number of carbonyl (C=O) groups excluding carboxylic acids is 1. The second kappa shape index (κ2) is 4.65. The monoisotopic (exact) mass is 340 g/mol. The third kappa shape index (κ3) is 3.40. The molecule has 0 aliphatic rings. The fraction of sp³-hybridized carbons (Fsp3) is 0.364. The topological polar surface area (TPSA) is 26.3 Å². The van der Waals surface area contributed by atoms with Crippen LogP contribution in [-0.4, -0.2) is 11.6 Å². The fourth-order valence-corrected chi connectivity index (χ4v) is 1.48. The molecule has 0 atom stereocenters. The van der Waals surface area contributed by atoms with E-state index in [9.17, 15) is 13.6 Å². The SMILES string of the molecule is CC(C)(C)OC(=O)c1cc(I)c(F)cc1F. The van der Waals surface area contributed by atoms with Crippen molar-refractivity contribution >= 4 is 28.6 Å². The smallest absolute Gasteiger partial charge is 0.341 e. The fourth-order valence-electron chi connectivity index (χ4n) is 1.01. The summed E-state index contributed by atoms with van der Waals surface area (Å²) in [5.41, 5.74) is -0.954. The van der Waals surface area contributed by atoms with Crippen molar-refractivity contribution in [2.75, 3.05) is 0 Å². The van der Waals surface area contributed by atoms with E-state index in [1.54, 1.807) is 43.4 Å². The first-order valence-corrected chi connectivity index (χ1v) is 5.66. The molecule has 0 spiro atoms. The Morgan fingerprint density at radius 1 is 1.25 bits per heavy atom. The highest BCUT2D eigenvalue weighted by Gasteiger charge is 2.21. The highest BCUT2D eigenvalue weighted by Crippen LogP contribution is 2.19. The maximum Gasteiger partial charge on any atom is 0.341 e. The number of hydrogen-bond acceptors (Lipinski definition) is 2. The molecular formula is C11H11F2IO2. The number of halogens is 3. The molecule has 0 bridgehead atoms. The standard InChI is InChI=1S/C11H11F2IO2/c1-11(2,3)16-10(15)6-4-9(14)8(13)5-7(6)12/h4-5H,1-3H3. The molecule has 1 aromatic carbocycles. The van der Waals surface area contributed by atoms with Gasteiger partial charge in [-0.3, -0.25) is 0 Å². The van der Waals surface area contributed by atoms with E-state index in [4.69, 9.17) is 4.74 Å². The van der Waals surface area contributed by atoms with E-state index in [-0.39, 0.29) is 9.13 Å². The number of carbonyl (C=O) groups is 1. The Bertz CT molecular complexity index is 425. The maximum atomic E-state index is 13.3. The van der Waals surface area contributed by atoms with Crippen molar-refractivity contribution in [2.45, 2.75) is 26.4 Å². The van der Waals surface area contributed by atoms with Crippen molar-refractivity contribution in [2.24, 2.45) is 0 Å². The maximum absolute atomic E-state index is 13.3. The highest BCUT2D eigenvalue weighted by molar-refractivity contribution is 14.1. The van der Waals surface area contributed by atoms with Gasteiger partial charge in [0.15, 0.2) is 0 Å². The summed E-state index contributed by atoms with van der Waals surface area (Å²) < 4.78 is 31.4.